The molecule has 1 unspecified atom stereocenters. The van der Waals surface area contributed by atoms with Crippen LogP contribution in [-0.4, -0.2) is 49.0 Å². The van der Waals surface area contributed by atoms with Crippen molar-refractivity contribution in [2.45, 2.75) is 12.5 Å². The van der Waals surface area contributed by atoms with Crippen molar-refractivity contribution >= 4 is 11.8 Å². The van der Waals surface area contributed by atoms with Gasteiger partial charge in [0, 0.05) is 18.3 Å². The lowest BCUT2D eigenvalue weighted by molar-refractivity contribution is 0.0929. The molecule has 1 aliphatic heterocycles. The van der Waals surface area contributed by atoms with Crippen molar-refractivity contribution in [2.75, 3.05) is 37.9 Å². The van der Waals surface area contributed by atoms with Gasteiger partial charge in [-0.15, -0.1) is 0 Å². The van der Waals surface area contributed by atoms with Gasteiger partial charge < -0.3 is 15.2 Å². The summed E-state index contributed by atoms with van der Waals surface area (Å²) < 4.78 is 5.12. The van der Waals surface area contributed by atoms with Crippen LogP contribution in [-0.2, 0) is 4.74 Å². The van der Waals surface area contributed by atoms with Crippen LogP contribution in [0.3, 0.4) is 0 Å². The van der Waals surface area contributed by atoms with Gasteiger partial charge in [0.05, 0.1) is 19.8 Å². The van der Waals surface area contributed by atoms with E-state index < -0.39 is 0 Å². The van der Waals surface area contributed by atoms with Gasteiger partial charge in [-0.3, -0.25) is 0 Å². The van der Waals surface area contributed by atoms with Gasteiger partial charge in [-0.1, -0.05) is 0 Å². The van der Waals surface area contributed by atoms with E-state index >= 15 is 0 Å². The molecule has 2 N–H and O–H groups in total. The zero-order chi connectivity index (χ0) is 8.65. The van der Waals surface area contributed by atoms with Crippen molar-refractivity contribution in [2.24, 2.45) is 0 Å². The third kappa shape index (κ3) is 4.30. The Hall–Kier alpha value is 0.230. The van der Waals surface area contributed by atoms with Gasteiger partial charge >= 0.3 is 0 Å². The molecule has 3 nitrogen and oxygen atoms in total. The molecule has 0 saturated carbocycles. The fourth-order valence-corrected chi connectivity index (χ4v) is 2.38. The van der Waals surface area contributed by atoms with Crippen LogP contribution in [0.15, 0.2) is 0 Å². The summed E-state index contributed by atoms with van der Waals surface area (Å²) in [5.74, 6) is 2.52. The van der Waals surface area contributed by atoms with E-state index in [1.165, 1.54) is 17.9 Å². The first-order valence-corrected chi connectivity index (χ1v) is 5.58. The predicted octanol–water partition coefficient (Wildman–Crippen LogP) is 0.0904. The van der Waals surface area contributed by atoms with E-state index in [9.17, 15) is 0 Å². The number of hydrogen-bond donors (Lipinski definition) is 2. The molecule has 1 rings (SSSR count). The third-order valence-electron chi connectivity index (χ3n) is 1.84. The first kappa shape index (κ1) is 10.3. The number of hydrogen-bond acceptors (Lipinski definition) is 4. The van der Waals surface area contributed by atoms with Gasteiger partial charge in [0.1, 0.15) is 0 Å². The number of rotatable bonds is 6. The topological polar surface area (TPSA) is 41.5 Å². The number of ether oxygens (including phenoxy) is 1. The zero-order valence-corrected chi connectivity index (χ0v) is 8.11. The predicted molar refractivity (Wildman–Crippen MR) is 51.6 cm³/mol. The fourth-order valence-electron chi connectivity index (χ4n) is 1.20. The molecular weight excluding hydrogens is 174 g/mol. The molecule has 1 aliphatic rings. The largest absolute Gasteiger partial charge is 0.394 e. The van der Waals surface area contributed by atoms with Gasteiger partial charge in [-0.05, 0) is 12.2 Å². The highest BCUT2D eigenvalue weighted by Gasteiger charge is 2.13. The molecule has 1 saturated heterocycles. The van der Waals surface area contributed by atoms with E-state index in [-0.39, 0.29) is 6.61 Å². The minimum Gasteiger partial charge on any atom is -0.394 e. The van der Waals surface area contributed by atoms with Crippen molar-refractivity contribution in [1.82, 2.24) is 5.32 Å². The molecule has 0 spiro atoms. The van der Waals surface area contributed by atoms with Crippen molar-refractivity contribution in [3.05, 3.63) is 0 Å². The maximum Gasteiger partial charge on any atom is 0.0698 e. The van der Waals surface area contributed by atoms with Gasteiger partial charge in [0.15, 0.2) is 0 Å². The van der Waals surface area contributed by atoms with E-state index in [1.807, 2.05) is 11.8 Å². The maximum atomic E-state index is 8.43. The highest BCUT2D eigenvalue weighted by atomic mass is 32.2. The Kier molecular flexibility index (Phi) is 5.77. The van der Waals surface area contributed by atoms with E-state index in [0.717, 1.165) is 6.54 Å². The molecule has 0 aromatic heterocycles. The minimum absolute atomic E-state index is 0.124. The highest BCUT2D eigenvalue weighted by Crippen LogP contribution is 2.16. The first-order chi connectivity index (χ1) is 5.93. The van der Waals surface area contributed by atoms with E-state index in [4.69, 9.17) is 9.84 Å². The van der Waals surface area contributed by atoms with Crippen LogP contribution in [0.25, 0.3) is 0 Å². The van der Waals surface area contributed by atoms with Crippen LogP contribution in [0.4, 0.5) is 0 Å². The number of nitrogens with one attached hydrogen (secondary N) is 1. The summed E-state index contributed by atoms with van der Waals surface area (Å²) in [6, 6.07) is 0.688. The minimum atomic E-state index is 0.124. The maximum absolute atomic E-state index is 8.43. The molecule has 0 aromatic carbocycles. The fraction of sp³-hybridized carbons (Fsp3) is 1.00. The normalized spacial score (nSPS) is 23.2. The lowest BCUT2D eigenvalue weighted by atomic mass is 10.3. The average Bonchev–Trinajstić information content (AvgIpc) is 2.57. The Morgan fingerprint density at radius 1 is 1.50 bits per heavy atom. The SMILES string of the molecule is OCCOCCNC1CCSC1. The van der Waals surface area contributed by atoms with Gasteiger partial charge in [-0.2, -0.15) is 11.8 Å². The van der Waals surface area contributed by atoms with Crippen LogP contribution in [0.5, 0.6) is 0 Å². The molecular formula is C8H17NO2S. The second-order valence-electron chi connectivity index (χ2n) is 2.85. The number of aliphatic hydroxyl groups is 1. The molecule has 12 heavy (non-hydrogen) atoms. The standard InChI is InChI=1S/C8H17NO2S/c10-3-5-11-4-2-9-8-1-6-12-7-8/h8-10H,1-7H2. The smallest absolute Gasteiger partial charge is 0.0698 e. The second-order valence-corrected chi connectivity index (χ2v) is 4.00. The van der Waals surface area contributed by atoms with E-state index in [0.29, 0.717) is 19.3 Å². The Morgan fingerprint density at radius 2 is 2.42 bits per heavy atom. The molecule has 0 amide bonds. The third-order valence-corrected chi connectivity index (χ3v) is 3.01. The monoisotopic (exact) mass is 191 g/mol. The van der Waals surface area contributed by atoms with Gasteiger partial charge in [-0.25, -0.2) is 0 Å². The van der Waals surface area contributed by atoms with Crippen LogP contribution in [0.1, 0.15) is 6.42 Å². The molecule has 1 atom stereocenters. The Morgan fingerprint density at radius 3 is 3.08 bits per heavy atom. The lowest BCUT2D eigenvalue weighted by Gasteiger charge is -2.10. The van der Waals surface area contributed by atoms with Gasteiger partial charge in [0.2, 0.25) is 0 Å². The molecule has 0 bridgehead atoms. The lowest BCUT2D eigenvalue weighted by Crippen LogP contribution is -2.31. The molecule has 0 aliphatic carbocycles. The Labute approximate surface area is 77.9 Å². The van der Waals surface area contributed by atoms with Crippen molar-refractivity contribution in [3.63, 3.8) is 0 Å². The molecule has 4 heteroatoms. The van der Waals surface area contributed by atoms with Crippen molar-refractivity contribution < 1.29 is 9.84 Å². The van der Waals surface area contributed by atoms with Gasteiger partial charge in [0.25, 0.3) is 0 Å². The van der Waals surface area contributed by atoms with Crippen molar-refractivity contribution in [3.8, 4) is 0 Å². The first-order valence-electron chi connectivity index (χ1n) is 4.43. The Balaban J connectivity index is 1.81. The summed E-state index contributed by atoms with van der Waals surface area (Å²) in [4.78, 5) is 0. The summed E-state index contributed by atoms with van der Waals surface area (Å²) in [6.45, 7) is 2.20. The van der Waals surface area contributed by atoms with Crippen LogP contribution in [0.2, 0.25) is 0 Å². The van der Waals surface area contributed by atoms with Crippen LogP contribution < -0.4 is 5.32 Å². The summed E-state index contributed by atoms with van der Waals surface area (Å²) in [5, 5.41) is 11.8. The summed E-state index contributed by atoms with van der Waals surface area (Å²) in [7, 11) is 0. The number of aliphatic hydroxyl groups excluding tert-OH is 1. The van der Waals surface area contributed by atoms with Crippen LogP contribution in [0, 0.1) is 0 Å². The summed E-state index contributed by atoms with van der Waals surface area (Å²) >= 11 is 2.01. The van der Waals surface area contributed by atoms with E-state index in [1.54, 1.807) is 0 Å². The second kappa shape index (κ2) is 6.71. The summed E-state index contributed by atoms with van der Waals surface area (Å²) in [6.07, 6.45) is 1.28. The Bertz CT molecular complexity index is 107. The van der Waals surface area contributed by atoms with Crippen LogP contribution >= 0.6 is 11.8 Å². The molecule has 0 radical (unpaired) electrons. The zero-order valence-electron chi connectivity index (χ0n) is 7.29. The summed E-state index contributed by atoms with van der Waals surface area (Å²) in [5.41, 5.74) is 0. The number of thioether (sulfide) groups is 1. The average molecular weight is 191 g/mol. The molecule has 1 fully saturated rings. The van der Waals surface area contributed by atoms with Crippen molar-refractivity contribution in [1.29, 1.82) is 0 Å². The quantitative estimate of drug-likeness (QED) is 0.584. The highest BCUT2D eigenvalue weighted by molar-refractivity contribution is 7.99. The molecule has 1 heterocycles. The molecule has 0 aromatic rings. The van der Waals surface area contributed by atoms with E-state index in [2.05, 4.69) is 5.32 Å². The molecule has 72 valence electrons.